The van der Waals surface area contributed by atoms with Gasteiger partial charge in [-0.15, -0.1) is 24.2 Å². The monoisotopic (exact) mass is 247 g/mol. The minimum Gasteiger partial charge on any atom is -0.480 e. The number of carbonyl (C=O) groups is 1. The Balaban J connectivity index is 0.00000196. The number of benzene rings is 1. The first-order valence-corrected chi connectivity index (χ1v) is 5.47. The molecular formula is C10H14ClNO2S. The van der Waals surface area contributed by atoms with Crippen molar-refractivity contribution in [3.05, 3.63) is 29.8 Å². The molecule has 0 spiro atoms. The number of rotatable bonds is 4. The summed E-state index contributed by atoms with van der Waals surface area (Å²) >= 11 is 1.63. The van der Waals surface area contributed by atoms with E-state index in [9.17, 15) is 4.79 Å². The molecule has 0 aromatic heterocycles. The third-order valence-corrected chi connectivity index (χ3v) is 2.63. The average Bonchev–Trinajstić information content (AvgIpc) is 2.18. The van der Waals surface area contributed by atoms with Gasteiger partial charge in [-0.2, -0.15) is 0 Å². The molecule has 0 aliphatic heterocycles. The molecule has 1 rings (SSSR count). The molecule has 3 nitrogen and oxygen atoms in total. The van der Waals surface area contributed by atoms with Gasteiger partial charge in [0.05, 0.1) is 0 Å². The standard InChI is InChI=1S/C10H13NO2S.ClH/c1-14-8-4-2-3-7(5-8)6-9(11)10(12)13;/h2-5,9H,6,11H2,1H3,(H,12,13);1H. The summed E-state index contributed by atoms with van der Waals surface area (Å²) in [6.07, 6.45) is 2.36. The van der Waals surface area contributed by atoms with Gasteiger partial charge in [-0.1, -0.05) is 12.1 Å². The Hall–Kier alpha value is -0.710. The third-order valence-electron chi connectivity index (χ3n) is 1.91. The lowest BCUT2D eigenvalue weighted by Gasteiger charge is -2.07. The molecule has 5 heteroatoms. The van der Waals surface area contributed by atoms with Crippen molar-refractivity contribution >= 4 is 30.1 Å². The van der Waals surface area contributed by atoms with E-state index in [-0.39, 0.29) is 12.4 Å². The molecular weight excluding hydrogens is 234 g/mol. The second-order valence-corrected chi connectivity index (χ2v) is 3.88. The van der Waals surface area contributed by atoms with E-state index in [1.807, 2.05) is 30.5 Å². The highest BCUT2D eigenvalue weighted by Crippen LogP contribution is 2.16. The highest BCUT2D eigenvalue weighted by molar-refractivity contribution is 7.98. The first kappa shape index (κ1) is 14.3. The van der Waals surface area contributed by atoms with E-state index in [0.29, 0.717) is 6.42 Å². The van der Waals surface area contributed by atoms with Gasteiger partial charge in [-0.05, 0) is 30.4 Å². The number of thioether (sulfide) groups is 1. The van der Waals surface area contributed by atoms with Gasteiger partial charge in [-0.3, -0.25) is 4.79 Å². The van der Waals surface area contributed by atoms with Crippen LogP contribution in [0.3, 0.4) is 0 Å². The number of carboxylic acids is 1. The molecule has 1 unspecified atom stereocenters. The lowest BCUT2D eigenvalue weighted by molar-refractivity contribution is -0.138. The van der Waals surface area contributed by atoms with Crippen molar-refractivity contribution in [1.82, 2.24) is 0 Å². The number of hydrogen-bond acceptors (Lipinski definition) is 3. The van der Waals surface area contributed by atoms with Gasteiger partial charge in [0.25, 0.3) is 0 Å². The van der Waals surface area contributed by atoms with Crippen molar-refractivity contribution in [2.45, 2.75) is 17.4 Å². The minimum absolute atomic E-state index is 0. The summed E-state index contributed by atoms with van der Waals surface area (Å²) < 4.78 is 0. The van der Waals surface area contributed by atoms with Crippen molar-refractivity contribution in [2.75, 3.05) is 6.26 Å². The molecule has 1 aromatic carbocycles. The van der Waals surface area contributed by atoms with Gasteiger partial charge in [-0.25, -0.2) is 0 Å². The van der Waals surface area contributed by atoms with Crippen molar-refractivity contribution in [3.63, 3.8) is 0 Å². The molecule has 0 bridgehead atoms. The fraction of sp³-hybridized carbons (Fsp3) is 0.300. The Bertz CT molecular complexity index is 333. The Morgan fingerprint density at radius 3 is 2.80 bits per heavy atom. The van der Waals surface area contributed by atoms with Gasteiger partial charge in [0.2, 0.25) is 0 Å². The van der Waals surface area contributed by atoms with Crippen LogP contribution in [-0.2, 0) is 11.2 Å². The number of nitrogens with two attached hydrogens (primary N) is 1. The lowest BCUT2D eigenvalue weighted by atomic mass is 10.1. The van der Waals surface area contributed by atoms with E-state index in [2.05, 4.69) is 0 Å². The predicted octanol–water partition coefficient (Wildman–Crippen LogP) is 1.78. The second-order valence-electron chi connectivity index (χ2n) is 3.00. The molecule has 1 atom stereocenters. The molecule has 84 valence electrons. The summed E-state index contributed by atoms with van der Waals surface area (Å²) in [6, 6.07) is 6.94. The van der Waals surface area contributed by atoms with Crippen LogP contribution in [0.1, 0.15) is 5.56 Å². The Morgan fingerprint density at radius 2 is 2.27 bits per heavy atom. The van der Waals surface area contributed by atoms with Gasteiger partial charge >= 0.3 is 5.97 Å². The molecule has 0 radical (unpaired) electrons. The lowest BCUT2D eigenvalue weighted by Crippen LogP contribution is -2.32. The predicted molar refractivity (Wildman–Crippen MR) is 64.8 cm³/mol. The summed E-state index contributed by atoms with van der Waals surface area (Å²) in [6.45, 7) is 0. The van der Waals surface area contributed by atoms with Crippen LogP contribution in [0.5, 0.6) is 0 Å². The highest BCUT2D eigenvalue weighted by atomic mass is 35.5. The maximum atomic E-state index is 10.5. The van der Waals surface area contributed by atoms with E-state index in [1.165, 1.54) is 0 Å². The topological polar surface area (TPSA) is 63.3 Å². The number of aliphatic carboxylic acids is 1. The molecule has 0 fully saturated rings. The largest absolute Gasteiger partial charge is 0.480 e. The van der Waals surface area contributed by atoms with E-state index in [1.54, 1.807) is 11.8 Å². The van der Waals surface area contributed by atoms with Gasteiger partial charge in [0.15, 0.2) is 0 Å². The van der Waals surface area contributed by atoms with Crippen LogP contribution in [0.25, 0.3) is 0 Å². The fourth-order valence-electron chi connectivity index (χ4n) is 1.14. The quantitative estimate of drug-likeness (QED) is 0.797. The van der Waals surface area contributed by atoms with E-state index < -0.39 is 12.0 Å². The summed E-state index contributed by atoms with van der Waals surface area (Å²) in [5.74, 6) is -0.959. The molecule has 0 aliphatic rings. The van der Waals surface area contributed by atoms with Gasteiger partial charge in [0, 0.05) is 4.90 Å². The van der Waals surface area contributed by atoms with E-state index in [4.69, 9.17) is 10.8 Å². The molecule has 0 saturated heterocycles. The highest BCUT2D eigenvalue weighted by Gasteiger charge is 2.11. The van der Waals surface area contributed by atoms with Crippen molar-refractivity contribution < 1.29 is 9.90 Å². The van der Waals surface area contributed by atoms with Crippen LogP contribution in [0.15, 0.2) is 29.2 Å². The van der Waals surface area contributed by atoms with Crippen molar-refractivity contribution in [2.24, 2.45) is 5.73 Å². The van der Waals surface area contributed by atoms with Gasteiger partial charge in [0.1, 0.15) is 6.04 Å². The Labute approximate surface area is 99.5 Å². The van der Waals surface area contributed by atoms with Crippen LogP contribution < -0.4 is 5.73 Å². The molecule has 1 aromatic rings. The van der Waals surface area contributed by atoms with E-state index in [0.717, 1.165) is 10.5 Å². The van der Waals surface area contributed by atoms with Crippen LogP contribution in [0, 0.1) is 0 Å². The fourth-order valence-corrected chi connectivity index (χ4v) is 1.62. The zero-order chi connectivity index (χ0) is 10.6. The number of halogens is 1. The SMILES string of the molecule is CSc1cccc(CC(N)C(=O)O)c1.Cl. The average molecular weight is 248 g/mol. The molecule has 15 heavy (non-hydrogen) atoms. The zero-order valence-electron chi connectivity index (χ0n) is 8.34. The summed E-state index contributed by atoms with van der Waals surface area (Å²) in [4.78, 5) is 11.7. The second kappa shape index (κ2) is 6.71. The summed E-state index contributed by atoms with van der Waals surface area (Å²) in [5.41, 5.74) is 6.40. The van der Waals surface area contributed by atoms with Crippen molar-refractivity contribution in [3.8, 4) is 0 Å². The minimum atomic E-state index is -0.959. The smallest absolute Gasteiger partial charge is 0.320 e. The van der Waals surface area contributed by atoms with Crippen LogP contribution in [0.2, 0.25) is 0 Å². The normalized spacial score (nSPS) is 11.6. The first-order chi connectivity index (χ1) is 6.63. The first-order valence-electron chi connectivity index (χ1n) is 4.25. The number of hydrogen-bond donors (Lipinski definition) is 2. The molecule has 3 N–H and O–H groups in total. The summed E-state index contributed by atoms with van der Waals surface area (Å²) in [7, 11) is 0. The Morgan fingerprint density at radius 1 is 1.60 bits per heavy atom. The molecule has 0 amide bonds. The number of carboxylic acid groups (broad SMARTS) is 1. The van der Waals surface area contributed by atoms with Crippen LogP contribution in [0.4, 0.5) is 0 Å². The Kier molecular flexibility index (Phi) is 6.40. The van der Waals surface area contributed by atoms with E-state index >= 15 is 0 Å². The van der Waals surface area contributed by atoms with Crippen LogP contribution >= 0.6 is 24.2 Å². The van der Waals surface area contributed by atoms with Crippen molar-refractivity contribution in [1.29, 1.82) is 0 Å². The van der Waals surface area contributed by atoms with Gasteiger partial charge < -0.3 is 10.8 Å². The maximum Gasteiger partial charge on any atom is 0.320 e. The summed E-state index contributed by atoms with van der Waals surface area (Å²) in [5, 5.41) is 8.64. The molecule has 0 aliphatic carbocycles. The maximum absolute atomic E-state index is 10.5. The zero-order valence-corrected chi connectivity index (χ0v) is 9.98. The molecule has 0 heterocycles. The van der Waals surface area contributed by atoms with Crippen LogP contribution in [-0.4, -0.2) is 23.4 Å². The third kappa shape index (κ3) is 4.55. The molecule has 0 saturated carbocycles.